The van der Waals surface area contributed by atoms with Crippen LogP contribution in [0.1, 0.15) is 10.8 Å². The van der Waals surface area contributed by atoms with Gasteiger partial charge in [0.1, 0.15) is 0 Å². The van der Waals surface area contributed by atoms with Crippen molar-refractivity contribution in [2.24, 2.45) is 5.73 Å². The quantitative estimate of drug-likeness (QED) is 0.667. The number of rotatable bonds is 4. The third kappa shape index (κ3) is 3.06. The van der Waals surface area contributed by atoms with Gasteiger partial charge in [0.25, 0.3) is 0 Å². The van der Waals surface area contributed by atoms with E-state index in [9.17, 15) is 10.1 Å². The van der Waals surface area contributed by atoms with E-state index in [1.165, 1.54) is 11.3 Å². The number of hydrogen-bond acceptors (Lipinski definition) is 4. The van der Waals surface area contributed by atoms with E-state index >= 15 is 0 Å². The van der Waals surface area contributed by atoms with Crippen LogP contribution in [-0.4, -0.2) is 18.0 Å². The number of thiophene rings is 1. The maximum Gasteiger partial charge on any atom is 0.212 e. The maximum absolute atomic E-state index is 10.3. The molecule has 1 unspecified atom stereocenters. The van der Waals surface area contributed by atoms with E-state index in [0.29, 0.717) is 6.54 Å². The lowest BCUT2D eigenvalue weighted by Crippen LogP contribution is -2.19. The molecular formula is C7H9BrN2O2S. The number of nitrogens with two attached hydrogens (primary N) is 1. The van der Waals surface area contributed by atoms with Crippen LogP contribution in [0.2, 0.25) is 0 Å². The zero-order chi connectivity index (χ0) is 9.84. The standard InChI is InChI=1S/C7H9BrN2O2S/c8-6-1-7(13-4-6)5(2-9)3-10(11)12/h1,4-5H,2-3,9H2. The minimum atomic E-state index is -0.328. The first-order valence-electron chi connectivity index (χ1n) is 3.69. The fourth-order valence-electron chi connectivity index (χ4n) is 1.00. The highest BCUT2D eigenvalue weighted by Crippen LogP contribution is 2.26. The zero-order valence-electron chi connectivity index (χ0n) is 6.77. The van der Waals surface area contributed by atoms with Gasteiger partial charge in [-0.1, -0.05) is 0 Å². The third-order valence-electron chi connectivity index (χ3n) is 1.64. The second-order valence-corrected chi connectivity index (χ2v) is 4.47. The highest BCUT2D eigenvalue weighted by atomic mass is 79.9. The first-order valence-corrected chi connectivity index (χ1v) is 5.36. The molecule has 0 saturated carbocycles. The fourth-order valence-corrected chi connectivity index (χ4v) is 2.56. The largest absolute Gasteiger partial charge is 0.330 e. The molecule has 72 valence electrons. The average molecular weight is 265 g/mol. The molecule has 13 heavy (non-hydrogen) atoms. The Kier molecular flexibility index (Phi) is 3.83. The van der Waals surface area contributed by atoms with Gasteiger partial charge in [-0.05, 0) is 22.0 Å². The fraction of sp³-hybridized carbons (Fsp3) is 0.429. The number of hydrogen-bond donors (Lipinski definition) is 1. The van der Waals surface area contributed by atoms with Crippen molar-refractivity contribution in [2.75, 3.05) is 13.1 Å². The maximum atomic E-state index is 10.3. The van der Waals surface area contributed by atoms with Crippen LogP contribution in [0.3, 0.4) is 0 Å². The van der Waals surface area contributed by atoms with E-state index in [1.54, 1.807) is 0 Å². The summed E-state index contributed by atoms with van der Waals surface area (Å²) in [7, 11) is 0. The smallest absolute Gasteiger partial charge is 0.212 e. The normalized spacial score (nSPS) is 12.8. The van der Waals surface area contributed by atoms with Crippen molar-refractivity contribution < 1.29 is 4.92 Å². The molecule has 0 aliphatic heterocycles. The number of nitrogens with zero attached hydrogens (tertiary/aromatic N) is 1. The van der Waals surface area contributed by atoms with Crippen LogP contribution >= 0.6 is 27.3 Å². The lowest BCUT2D eigenvalue weighted by atomic mass is 10.1. The SMILES string of the molecule is NCC(C[N+](=O)[O-])c1cc(Br)cs1. The van der Waals surface area contributed by atoms with E-state index in [4.69, 9.17) is 5.73 Å². The van der Waals surface area contributed by atoms with E-state index in [0.717, 1.165) is 9.35 Å². The second-order valence-electron chi connectivity index (χ2n) is 2.62. The summed E-state index contributed by atoms with van der Waals surface area (Å²) in [6.07, 6.45) is 0. The summed E-state index contributed by atoms with van der Waals surface area (Å²) in [5.41, 5.74) is 5.45. The highest BCUT2D eigenvalue weighted by molar-refractivity contribution is 9.10. The van der Waals surface area contributed by atoms with Crippen LogP contribution in [-0.2, 0) is 0 Å². The molecule has 0 radical (unpaired) electrons. The Balaban J connectivity index is 2.72. The summed E-state index contributed by atoms with van der Waals surface area (Å²) in [5.74, 6) is -0.161. The van der Waals surface area contributed by atoms with Crippen molar-refractivity contribution >= 4 is 27.3 Å². The molecule has 1 aromatic rings. The molecule has 0 aliphatic rings. The molecule has 0 aromatic carbocycles. The Morgan fingerprint density at radius 1 is 1.77 bits per heavy atom. The average Bonchev–Trinajstić information content (AvgIpc) is 2.47. The molecule has 6 heteroatoms. The lowest BCUT2D eigenvalue weighted by Gasteiger charge is -2.06. The van der Waals surface area contributed by atoms with Gasteiger partial charge in [-0.15, -0.1) is 11.3 Å². The van der Waals surface area contributed by atoms with Crippen molar-refractivity contribution in [3.63, 3.8) is 0 Å². The molecule has 1 rings (SSSR count). The highest BCUT2D eigenvalue weighted by Gasteiger charge is 2.17. The third-order valence-corrected chi connectivity index (χ3v) is 3.50. The molecule has 0 spiro atoms. The Morgan fingerprint density at radius 2 is 2.46 bits per heavy atom. The van der Waals surface area contributed by atoms with Gasteiger partial charge in [0.15, 0.2) is 0 Å². The first-order chi connectivity index (χ1) is 6.13. The summed E-state index contributed by atoms with van der Waals surface area (Å²) in [5, 5.41) is 12.2. The van der Waals surface area contributed by atoms with Crippen LogP contribution in [0, 0.1) is 10.1 Å². The van der Waals surface area contributed by atoms with Crippen molar-refractivity contribution in [2.45, 2.75) is 5.92 Å². The van der Waals surface area contributed by atoms with E-state index < -0.39 is 0 Å². The summed E-state index contributed by atoms with van der Waals surface area (Å²) in [6.45, 7) is 0.220. The van der Waals surface area contributed by atoms with Gasteiger partial charge < -0.3 is 5.73 Å². The van der Waals surface area contributed by atoms with Gasteiger partial charge in [-0.2, -0.15) is 0 Å². The summed E-state index contributed by atoms with van der Waals surface area (Å²) >= 11 is 4.79. The molecular weight excluding hydrogens is 256 g/mol. The molecule has 4 nitrogen and oxygen atoms in total. The number of nitro groups is 1. The van der Waals surface area contributed by atoms with Gasteiger partial charge in [0.05, 0.1) is 5.92 Å². The summed E-state index contributed by atoms with van der Waals surface area (Å²) in [6, 6.07) is 1.88. The number of halogens is 1. The molecule has 0 fully saturated rings. The van der Waals surface area contributed by atoms with Crippen molar-refractivity contribution in [1.82, 2.24) is 0 Å². The molecule has 0 amide bonds. The van der Waals surface area contributed by atoms with Crippen LogP contribution in [0.4, 0.5) is 0 Å². The van der Waals surface area contributed by atoms with E-state index in [1.807, 2.05) is 11.4 Å². The second kappa shape index (κ2) is 4.69. The van der Waals surface area contributed by atoms with Crippen molar-refractivity contribution in [3.05, 3.63) is 30.9 Å². The zero-order valence-corrected chi connectivity index (χ0v) is 9.18. The molecule has 1 heterocycles. The monoisotopic (exact) mass is 264 g/mol. The van der Waals surface area contributed by atoms with Crippen LogP contribution < -0.4 is 5.73 Å². The van der Waals surface area contributed by atoms with Gasteiger partial charge in [0, 0.05) is 26.2 Å². The molecule has 0 aliphatic carbocycles. The van der Waals surface area contributed by atoms with Gasteiger partial charge >= 0.3 is 0 Å². The van der Waals surface area contributed by atoms with Gasteiger partial charge in [-0.3, -0.25) is 10.1 Å². The Labute approximate surface area is 88.0 Å². The summed E-state index contributed by atoms with van der Waals surface area (Å²) in [4.78, 5) is 10.9. The predicted octanol–water partition coefficient (Wildman–Crippen LogP) is 1.83. The van der Waals surface area contributed by atoms with Crippen molar-refractivity contribution in [3.8, 4) is 0 Å². The Bertz CT molecular complexity index is 302. The molecule has 1 aromatic heterocycles. The molecule has 0 bridgehead atoms. The molecule has 1 atom stereocenters. The topological polar surface area (TPSA) is 69.2 Å². The Hall–Kier alpha value is -0.460. The van der Waals surface area contributed by atoms with Crippen molar-refractivity contribution in [1.29, 1.82) is 0 Å². The Morgan fingerprint density at radius 3 is 2.85 bits per heavy atom. The molecule has 2 N–H and O–H groups in total. The van der Waals surface area contributed by atoms with Crippen LogP contribution in [0.15, 0.2) is 15.9 Å². The van der Waals surface area contributed by atoms with Gasteiger partial charge in [0.2, 0.25) is 6.54 Å². The summed E-state index contributed by atoms with van der Waals surface area (Å²) < 4.78 is 0.953. The lowest BCUT2D eigenvalue weighted by molar-refractivity contribution is -0.482. The minimum absolute atomic E-state index is 0.0938. The van der Waals surface area contributed by atoms with E-state index in [-0.39, 0.29) is 17.4 Å². The predicted molar refractivity (Wildman–Crippen MR) is 55.7 cm³/mol. The molecule has 0 saturated heterocycles. The van der Waals surface area contributed by atoms with E-state index in [2.05, 4.69) is 15.9 Å². The van der Waals surface area contributed by atoms with Crippen LogP contribution in [0.25, 0.3) is 0 Å². The van der Waals surface area contributed by atoms with Crippen LogP contribution in [0.5, 0.6) is 0 Å². The minimum Gasteiger partial charge on any atom is -0.330 e. The van der Waals surface area contributed by atoms with Gasteiger partial charge in [-0.25, -0.2) is 0 Å². The first kappa shape index (κ1) is 10.6.